The van der Waals surface area contributed by atoms with E-state index < -0.39 is 11.6 Å². The van der Waals surface area contributed by atoms with Gasteiger partial charge in [-0.1, -0.05) is 67.7 Å². The van der Waals surface area contributed by atoms with Crippen LogP contribution in [0.15, 0.2) is 60.8 Å². The molecule has 10 heteroatoms. The van der Waals surface area contributed by atoms with Crippen LogP contribution < -0.4 is 10.2 Å². The van der Waals surface area contributed by atoms with Crippen molar-refractivity contribution in [1.82, 2.24) is 20.2 Å². The van der Waals surface area contributed by atoms with Gasteiger partial charge in [-0.3, -0.25) is 15.2 Å². The van der Waals surface area contributed by atoms with Crippen LogP contribution in [0.5, 0.6) is 0 Å². The van der Waals surface area contributed by atoms with Crippen molar-refractivity contribution in [1.29, 1.82) is 0 Å². The summed E-state index contributed by atoms with van der Waals surface area (Å²) in [5, 5.41) is 11.2. The van der Waals surface area contributed by atoms with Crippen molar-refractivity contribution in [2.24, 2.45) is 5.92 Å². The third-order valence-electron chi connectivity index (χ3n) is 9.05. The second-order valence-corrected chi connectivity index (χ2v) is 14.6. The Morgan fingerprint density at radius 1 is 1.00 bits per heavy atom. The summed E-state index contributed by atoms with van der Waals surface area (Å²) >= 11 is 1.46. The number of aromatic amines is 1. The molecule has 1 saturated carbocycles. The molecule has 0 spiro atoms. The highest BCUT2D eigenvalue weighted by atomic mass is 32.1. The number of H-pyrrole nitrogens is 1. The zero-order valence-corrected chi connectivity index (χ0v) is 28.0. The molecule has 2 aromatic carbocycles. The second kappa shape index (κ2) is 12.9. The first kappa shape index (κ1) is 31.1. The summed E-state index contributed by atoms with van der Waals surface area (Å²) in [6, 6.07) is 17.7. The number of carbonyl (C=O) groups excluding carboxylic acids is 2. The van der Waals surface area contributed by atoms with E-state index in [0.29, 0.717) is 35.5 Å². The molecule has 1 fully saturated rings. The molecule has 1 aliphatic heterocycles. The van der Waals surface area contributed by atoms with Gasteiger partial charge in [0.15, 0.2) is 10.8 Å². The monoisotopic (exact) mass is 648 g/mol. The predicted octanol–water partition coefficient (Wildman–Crippen LogP) is 7.97. The minimum absolute atomic E-state index is 0.189. The summed E-state index contributed by atoms with van der Waals surface area (Å²) in [5.74, 6) is 0.618. The lowest BCUT2D eigenvalue weighted by Crippen LogP contribution is -2.33. The van der Waals surface area contributed by atoms with Gasteiger partial charge in [-0.2, -0.15) is 5.10 Å². The van der Waals surface area contributed by atoms with E-state index in [1.54, 1.807) is 6.20 Å². The van der Waals surface area contributed by atoms with Crippen LogP contribution in [0, 0.1) is 5.92 Å². The van der Waals surface area contributed by atoms with Crippen LogP contribution in [0.3, 0.4) is 0 Å². The second-order valence-electron chi connectivity index (χ2n) is 13.6. The molecule has 5 aromatic rings. The number of carbonyl (C=O) groups is 2. The molecule has 0 unspecified atom stereocenters. The zero-order chi connectivity index (χ0) is 32.5. The van der Waals surface area contributed by atoms with Gasteiger partial charge >= 0.3 is 5.97 Å². The van der Waals surface area contributed by atoms with Gasteiger partial charge in [0.05, 0.1) is 16.4 Å². The maximum absolute atomic E-state index is 13.7. The smallest absolute Gasteiger partial charge is 0.358 e. The van der Waals surface area contributed by atoms with E-state index in [9.17, 15) is 9.59 Å². The molecule has 7 rings (SSSR count). The number of nitrogens with one attached hydrogen (secondary N) is 2. The highest BCUT2D eigenvalue weighted by Gasteiger charge is 2.28. The first-order chi connectivity index (χ1) is 22.7. The maximum atomic E-state index is 13.7. The molecule has 0 bridgehead atoms. The summed E-state index contributed by atoms with van der Waals surface area (Å²) in [7, 11) is 0. The number of thiazole rings is 1. The van der Waals surface area contributed by atoms with E-state index in [1.807, 2.05) is 69.3 Å². The molecule has 242 valence electrons. The Hall–Kier alpha value is -4.57. The zero-order valence-electron chi connectivity index (χ0n) is 27.1. The summed E-state index contributed by atoms with van der Waals surface area (Å²) in [4.78, 5) is 39.0. The van der Waals surface area contributed by atoms with Crippen LogP contribution in [-0.2, 0) is 24.1 Å². The van der Waals surface area contributed by atoms with Crippen molar-refractivity contribution < 1.29 is 14.3 Å². The number of fused-ring (bicyclic) bond motifs is 2. The van der Waals surface area contributed by atoms with Gasteiger partial charge in [-0.25, -0.2) is 14.8 Å². The van der Waals surface area contributed by atoms with Crippen molar-refractivity contribution in [2.75, 3.05) is 16.8 Å². The number of anilines is 2. The van der Waals surface area contributed by atoms with E-state index in [-0.39, 0.29) is 11.6 Å². The molecule has 0 radical (unpaired) electrons. The van der Waals surface area contributed by atoms with Crippen molar-refractivity contribution in [2.45, 2.75) is 77.9 Å². The number of hydrogen-bond acceptors (Lipinski definition) is 8. The molecule has 1 amide bonds. The van der Waals surface area contributed by atoms with E-state index in [1.165, 1.54) is 43.4 Å². The summed E-state index contributed by atoms with van der Waals surface area (Å²) in [6.45, 7) is 6.78. The first-order valence-electron chi connectivity index (χ1n) is 16.5. The molecule has 0 saturated heterocycles. The Kier molecular flexibility index (Phi) is 8.53. The number of aromatic nitrogens is 4. The fourth-order valence-electron chi connectivity index (χ4n) is 6.78. The lowest BCUT2D eigenvalue weighted by molar-refractivity contribution is 0.00638. The van der Waals surface area contributed by atoms with Gasteiger partial charge in [-0.05, 0) is 81.0 Å². The SMILES string of the molecule is CC(C)(C)OC(=O)c1nc(N2CCc3cccc(C(=O)Nc4nc5ccccc5s4)c3C2)ccc1-c1cn[nH]c1CC1CCCCC1. The van der Waals surface area contributed by atoms with Gasteiger partial charge in [0.25, 0.3) is 5.91 Å². The normalized spacial score (nSPS) is 15.4. The molecule has 2 aliphatic rings. The van der Waals surface area contributed by atoms with E-state index in [2.05, 4.69) is 31.5 Å². The lowest BCUT2D eigenvalue weighted by atomic mass is 9.85. The lowest BCUT2D eigenvalue weighted by Gasteiger charge is -2.31. The Labute approximate surface area is 278 Å². The van der Waals surface area contributed by atoms with E-state index in [4.69, 9.17) is 9.72 Å². The minimum atomic E-state index is -0.678. The average molecular weight is 649 g/mol. The number of nitrogens with zero attached hydrogens (tertiary/aromatic N) is 4. The van der Waals surface area contributed by atoms with Crippen molar-refractivity contribution in [3.05, 3.63) is 88.9 Å². The fraction of sp³-hybridized carbons (Fsp3) is 0.378. The van der Waals surface area contributed by atoms with E-state index in [0.717, 1.165) is 51.0 Å². The van der Waals surface area contributed by atoms with Crippen LogP contribution in [0.2, 0.25) is 0 Å². The highest BCUT2D eigenvalue weighted by Crippen LogP contribution is 2.35. The van der Waals surface area contributed by atoms with Crippen molar-refractivity contribution in [3.63, 3.8) is 0 Å². The predicted molar refractivity (Wildman–Crippen MR) is 186 cm³/mol. The van der Waals surface area contributed by atoms with Crippen LogP contribution in [0.4, 0.5) is 10.9 Å². The molecule has 4 heterocycles. The van der Waals surface area contributed by atoms with Gasteiger partial charge in [-0.15, -0.1) is 0 Å². The summed E-state index contributed by atoms with van der Waals surface area (Å²) in [5.41, 5.74) is 5.80. The number of amides is 1. The molecule has 9 nitrogen and oxygen atoms in total. The molecular weight excluding hydrogens is 609 g/mol. The Morgan fingerprint density at radius 2 is 1.83 bits per heavy atom. The van der Waals surface area contributed by atoms with Gasteiger partial charge in [0.2, 0.25) is 0 Å². The Bertz CT molecular complexity index is 1900. The fourth-order valence-corrected chi connectivity index (χ4v) is 7.65. The molecule has 2 N–H and O–H groups in total. The van der Waals surface area contributed by atoms with Crippen LogP contribution >= 0.6 is 11.3 Å². The van der Waals surface area contributed by atoms with Crippen molar-refractivity contribution >= 4 is 44.4 Å². The van der Waals surface area contributed by atoms with Crippen LogP contribution in [0.1, 0.15) is 90.5 Å². The molecule has 47 heavy (non-hydrogen) atoms. The van der Waals surface area contributed by atoms with Crippen molar-refractivity contribution in [3.8, 4) is 11.1 Å². The number of hydrogen-bond donors (Lipinski definition) is 2. The van der Waals surface area contributed by atoms with E-state index >= 15 is 0 Å². The maximum Gasteiger partial charge on any atom is 0.358 e. The number of rotatable bonds is 7. The first-order valence-corrected chi connectivity index (χ1v) is 17.3. The summed E-state index contributed by atoms with van der Waals surface area (Å²) < 4.78 is 6.90. The quantitative estimate of drug-likeness (QED) is 0.172. The topological polar surface area (TPSA) is 113 Å². The standard InChI is InChI=1S/C37H40N6O3S/c1-37(2,3)46-35(45)33-25(27-21-38-42-30(27)20-23-10-5-4-6-11-23)16-17-32(40-33)43-19-18-24-12-9-13-26(28(24)22-43)34(44)41-36-39-29-14-7-8-15-31(29)47-36/h7-9,12-17,21,23H,4-6,10-11,18-20,22H2,1-3H3,(H,38,42)(H,39,41,44). The third kappa shape index (κ3) is 6.79. The Morgan fingerprint density at radius 3 is 2.64 bits per heavy atom. The number of para-hydroxylation sites is 1. The number of ether oxygens (including phenoxy) is 1. The molecule has 1 aliphatic carbocycles. The number of esters is 1. The van der Waals surface area contributed by atoms with Gasteiger partial charge in [0, 0.05) is 35.5 Å². The average Bonchev–Trinajstić information content (AvgIpc) is 3.70. The van der Waals surface area contributed by atoms with Gasteiger partial charge < -0.3 is 9.64 Å². The molecule has 3 aromatic heterocycles. The van der Waals surface area contributed by atoms with Gasteiger partial charge in [0.1, 0.15) is 11.4 Å². The minimum Gasteiger partial charge on any atom is -0.455 e. The highest BCUT2D eigenvalue weighted by molar-refractivity contribution is 7.22. The van der Waals surface area contributed by atoms with Crippen LogP contribution in [-0.4, -0.2) is 44.2 Å². The van der Waals surface area contributed by atoms with Crippen LogP contribution in [0.25, 0.3) is 21.3 Å². The number of benzene rings is 2. The molecule has 0 atom stereocenters. The molecular formula is C37H40N6O3S. The Balaban J connectivity index is 1.18. The largest absolute Gasteiger partial charge is 0.455 e. The number of pyridine rings is 1. The third-order valence-corrected chi connectivity index (χ3v) is 10.0. The summed E-state index contributed by atoms with van der Waals surface area (Å²) in [6.07, 6.45) is 9.70.